The largest absolute Gasteiger partial charge is 0.357 e. The van der Waals surface area contributed by atoms with Gasteiger partial charge in [0, 0.05) is 10.7 Å². The van der Waals surface area contributed by atoms with Crippen molar-refractivity contribution in [3.8, 4) is 0 Å². The molecule has 0 atom stereocenters. The molecule has 0 aliphatic heterocycles. The van der Waals surface area contributed by atoms with Crippen molar-refractivity contribution in [1.82, 2.24) is 15.6 Å². The van der Waals surface area contributed by atoms with Crippen LogP contribution < -0.4 is 10.6 Å². The van der Waals surface area contributed by atoms with E-state index in [9.17, 15) is 4.79 Å². The second-order valence-corrected chi connectivity index (χ2v) is 5.20. The molecular weight excluding hydrogens is 338 g/mol. The van der Waals surface area contributed by atoms with E-state index in [4.69, 9.17) is 12.2 Å². The number of halogens is 1. The van der Waals surface area contributed by atoms with E-state index in [-0.39, 0.29) is 11.0 Å². The summed E-state index contributed by atoms with van der Waals surface area (Å²) in [6.45, 7) is 0.468. The molecule has 4 nitrogen and oxygen atoms in total. The molecule has 2 N–H and O–H groups in total. The zero-order valence-corrected chi connectivity index (χ0v) is 12.9. The zero-order chi connectivity index (χ0) is 14.4. The monoisotopic (exact) mass is 349 g/mol. The number of carbonyl (C=O) groups excluding carboxylic acids is 1. The van der Waals surface area contributed by atoms with Crippen molar-refractivity contribution >= 4 is 39.2 Å². The molecule has 0 aliphatic rings. The molecule has 0 radical (unpaired) electrons. The molecule has 0 fully saturated rings. The molecule has 1 amide bonds. The van der Waals surface area contributed by atoms with Gasteiger partial charge in [-0.05, 0) is 52.4 Å². The molecule has 102 valence electrons. The Morgan fingerprint density at radius 3 is 2.65 bits per heavy atom. The normalized spacial score (nSPS) is 9.85. The molecule has 0 bridgehead atoms. The van der Waals surface area contributed by atoms with Gasteiger partial charge in [-0.25, -0.2) is 0 Å². The Balaban J connectivity index is 1.89. The molecule has 0 saturated heterocycles. The number of hydrogen-bond acceptors (Lipinski definition) is 3. The lowest BCUT2D eigenvalue weighted by Crippen LogP contribution is -2.39. The maximum Gasteiger partial charge on any atom is 0.258 e. The SMILES string of the molecule is O=C(NC(=S)NCc1ccccn1)c1ccccc1Br. The Hall–Kier alpha value is -1.79. The second-order valence-electron chi connectivity index (χ2n) is 3.94. The zero-order valence-electron chi connectivity index (χ0n) is 10.5. The molecule has 1 heterocycles. The standard InChI is InChI=1S/C14H12BrN3OS/c15-12-7-2-1-6-11(12)13(19)18-14(20)17-9-10-5-3-4-8-16-10/h1-8H,9H2,(H2,17,18,19,20). The van der Waals surface area contributed by atoms with Gasteiger partial charge in [0.15, 0.2) is 5.11 Å². The van der Waals surface area contributed by atoms with Gasteiger partial charge >= 0.3 is 0 Å². The number of nitrogens with zero attached hydrogens (tertiary/aromatic N) is 1. The molecule has 0 unspecified atom stereocenters. The van der Waals surface area contributed by atoms with E-state index in [0.29, 0.717) is 12.1 Å². The van der Waals surface area contributed by atoms with Crippen molar-refractivity contribution < 1.29 is 4.79 Å². The molecule has 1 aromatic carbocycles. The topological polar surface area (TPSA) is 54.0 Å². The Morgan fingerprint density at radius 1 is 1.20 bits per heavy atom. The highest BCUT2D eigenvalue weighted by Crippen LogP contribution is 2.15. The van der Waals surface area contributed by atoms with E-state index in [1.165, 1.54) is 0 Å². The molecule has 1 aromatic heterocycles. The van der Waals surface area contributed by atoms with Gasteiger partial charge < -0.3 is 5.32 Å². The maximum atomic E-state index is 12.0. The van der Waals surface area contributed by atoms with E-state index in [1.807, 2.05) is 24.3 Å². The van der Waals surface area contributed by atoms with Crippen molar-refractivity contribution in [1.29, 1.82) is 0 Å². The first-order valence-electron chi connectivity index (χ1n) is 5.90. The van der Waals surface area contributed by atoms with Crippen molar-refractivity contribution in [3.05, 3.63) is 64.4 Å². The predicted octanol–water partition coefficient (Wildman–Crippen LogP) is 2.65. The van der Waals surface area contributed by atoms with E-state index >= 15 is 0 Å². The molecule has 2 aromatic rings. The summed E-state index contributed by atoms with van der Waals surface area (Å²) in [6, 6.07) is 12.8. The summed E-state index contributed by atoms with van der Waals surface area (Å²) in [5, 5.41) is 5.85. The summed E-state index contributed by atoms with van der Waals surface area (Å²) >= 11 is 8.41. The van der Waals surface area contributed by atoms with Gasteiger partial charge in [-0.3, -0.25) is 15.1 Å². The molecule has 2 rings (SSSR count). The predicted molar refractivity (Wildman–Crippen MR) is 85.3 cm³/mol. The van der Waals surface area contributed by atoms with Crippen LogP contribution in [0.1, 0.15) is 16.1 Å². The average molecular weight is 350 g/mol. The van der Waals surface area contributed by atoms with E-state index in [0.717, 1.165) is 10.2 Å². The van der Waals surface area contributed by atoms with Crippen LogP contribution >= 0.6 is 28.1 Å². The minimum atomic E-state index is -0.254. The number of thiocarbonyl (C=S) groups is 1. The highest BCUT2D eigenvalue weighted by molar-refractivity contribution is 9.10. The molecular formula is C14H12BrN3OS. The molecule has 6 heteroatoms. The fraction of sp³-hybridized carbons (Fsp3) is 0.0714. The van der Waals surface area contributed by atoms with Crippen LogP contribution in [0, 0.1) is 0 Å². The third-order valence-electron chi connectivity index (χ3n) is 2.50. The summed E-state index contributed by atoms with van der Waals surface area (Å²) < 4.78 is 0.727. The van der Waals surface area contributed by atoms with Gasteiger partial charge in [0.1, 0.15) is 0 Å². The minimum absolute atomic E-state index is 0.254. The number of amides is 1. The Labute approximate surface area is 130 Å². The van der Waals surface area contributed by atoms with Gasteiger partial charge in [-0.1, -0.05) is 18.2 Å². The van der Waals surface area contributed by atoms with Crippen LogP contribution in [-0.4, -0.2) is 16.0 Å². The first-order chi connectivity index (χ1) is 9.66. The number of aromatic nitrogens is 1. The summed E-state index contributed by atoms with van der Waals surface area (Å²) in [4.78, 5) is 16.2. The van der Waals surface area contributed by atoms with Crippen molar-refractivity contribution in [3.63, 3.8) is 0 Å². The first kappa shape index (κ1) is 14.6. The van der Waals surface area contributed by atoms with E-state index in [1.54, 1.807) is 24.4 Å². The fourth-order valence-electron chi connectivity index (χ4n) is 1.53. The van der Waals surface area contributed by atoms with E-state index < -0.39 is 0 Å². The lowest BCUT2D eigenvalue weighted by atomic mass is 10.2. The number of pyridine rings is 1. The lowest BCUT2D eigenvalue weighted by molar-refractivity contribution is 0.0976. The Bertz CT molecular complexity index is 619. The number of benzene rings is 1. The Kier molecular flexibility index (Phi) is 5.20. The van der Waals surface area contributed by atoms with Crippen LogP contribution in [0.25, 0.3) is 0 Å². The first-order valence-corrected chi connectivity index (χ1v) is 7.10. The van der Waals surface area contributed by atoms with Crippen molar-refractivity contribution in [2.45, 2.75) is 6.54 Å². The van der Waals surface area contributed by atoms with Crippen LogP contribution in [0.5, 0.6) is 0 Å². The van der Waals surface area contributed by atoms with Gasteiger partial charge in [-0.15, -0.1) is 0 Å². The molecule has 0 spiro atoms. The number of carbonyl (C=O) groups is 1. The highest BCUT2D eigenvalue weighted by atomic mass is 79.9. The molecule has 20 heavy (non-hydrogen) atoms. The van der Waals surface area contributed by atoms with Crippen molar-refractivity contribution in [2.75, 3.05) is 0 Å². The summed E-state index contributed by atoms with van der Waals surface area (Å²) in [5.74, 6) is -0.254. The van der Waals surface area contributed by atoms with Gasteiger partial charge in [0.2, 0.25) is 0 Å². The number of hydrogen-bond donors (Lipinski definition) is 2. The van der Waals surface area contributed by atoms with Gasteiger partial charge in [0.05, 0.1) is 17.8 Å². The smallest absolute Gasteiger partial charge is 0.258 e. The van der Waals surface area contributed by atoms with Crippen molar-refractivity contribution in [2.24, 2.45) is 0 Å². The number of rotatable bonds is 3. The van der Waals surface area contributed by atoms with Gasteiger partial charge in [0.25, 0.3) is 5.91 Å². The summed E-state index contributed by atoms with van der Waals surface area (Å²) in [6.07, 6.45) is 1.71. The van der Waals surface area contributed by atoms with Crippen LogP contribution in [-0.2, 0) is 6.54 Å². The summed E-state index contributed by atoms with van der Waals surface area (Å²) in [7, 11) is 0. The third-order valence-corrected chi connectivity index (χ3v) is 3.44. The quantitative estimate of drug-likeness (QED) is 0.836. The summed E-state index contributed by atoms with van der Waals surface area (Å²) in [5.41, 5.74) is 1.39. The maximum absolute atomic E-state index is 12.0. The van der Waals surface area contributed by atoms with E-state index in [2.05, 4.69) is 31.5 Å². The van der Waals surface area contributed by atoms with Gasteiger partial charge in [-0.2, -0.15) is 0 Å². The van der Waals surface area contributed by atoms with Crippen LogP contribution in [0.2, 0.25) is 0 Å². The Morgan fingerprint density at radius 2 is 1.95 bits per heavy atom. The highest BCUT2D eigenvalue weighted by Gasteiger charge is 2.10. The van der Waals surface area contributed by atoms with Crippen LogP contribution in [0.3, 0.4) is 0 Å². The lowest BCUT2D eigenvalue weighted by Gasteiger charge is -2.09. The average Bonchev–Trinajstić information content (AvgIpc) is 2.46. The fourth-order valence-corrected chi connectivity index (χ4v) is 2.16. The molecule has 0 saturated carbocycles. The molecule has 0 aliphatic carbocycles. The van der Waals surface area contributed by atoms with Crippen LogP contribution in [0.15, 0.2) is 53.1 Å². The number of nitrogens with one attached hydrogen (secondary N) is 2. The van der Waals surface area contributed by atoms with Crippen LogP contribution in [0.4, 0.5) is 0 Å². The second kappa shape index (κ2) is 7.12. The minimum Gasteiger partial charge on any atom is -0.357 e. The third kappa shape index (κ3) is 4.11.